The summed E-state index contributed by atoms with van der Waals surface area (Å²) < 4.78 is 5.02. The van der Waals surface area contributed by atoms with Crippen molar-refractivity contribution in [2.45, 2.75) is 13.8 Å². The van der Waals surface area contributed by atoms with Crippen molar-refractivity contribution in [2.24, 2.45) is 11.5 Å². The van der Waals surface area contributed by atoms with Gasteiger partial charge in [-0.1, -0.05) is 19.1 Å². The Balaban J connectivity index is 0.000000400. The molecule has 1 rings (SSSR count). The highest BCUT2D eigenvalue weighted by Gasteiger charge is 2.10. The average Bonchev–Trinajstić information content (AvgIpc) is 2.48. The summed E-state index contributed by atoms with van der Waals surface area (Å²) in [6.07, 6.45) is 0. The normalized spacial score (nSPS) is 9.62. The number of hydrogen-bond acceptors (Lipinski definition) is 5. The predicted molar refractivity (Wildman–Crippen MR) is 79.6 cm³/mol. The third-order valence-electron chi connectivity index (χ3n) is 2.24. The van der Waals surface area contributed by atoms with Gasteiger partial charge in [-0.25, -0.2) is 5.48 Å². The van der Waals surface area contributed by atoms with Crippen LogP contribution in [-0.2, 0) is 9.57 Å². The van der Waals surface area contributed by atoms with Gasteiger partial charge in [0.15, 0.2) is 0 Å². The van der Waals surface area contributed by atoms with Gasteiger partial charge < -0.3 is 16.2 Å². The molecule has 0 aliphatic heterocycles. The first kappa shape index (κ1) is 19.0. The van der Waals surface area contributed by atoms with E-state index in [2.05, 4.69) is 5.48 Å². The van der Waals surface area contributed by atoms with Gasteiger partial charge in [0.05, 0.1) is 24.3 Å². The third kappa shape index (κ3) is 8.74. The van der Waals surface area contributed by atoms with Crippen LogP contribution >= 0.6 is 0 Å². The smallest absolute Gasteiger partial charge is 0.249 e. The molecule has 0 bridgehead atoms. The van der Waals surface area contributed by atoms with Crippen LogP contribution in [0.4, 0.5) is 0 Å². The molecule has 0 saturated carbocycles. The van der Waals surface area contributed by atoms with E-state index < -0.39 is 11.8 Å². The fourth-order valence-corrected chi connectivity index (χ4v) is 1.33. The maximum Gasteiger partial charge on any atom is 0.249 e. The highest BCUT2D eigenvalue weighted by atomic mass is 16.7. The van der Waals surface area contributed by atoms with E-state index in [0.29, 0.717) is 13.2 Å². The summed E-state index contributed by atoms with van der Waals surface area (Å²) in [5.41, 5.74) is 13.1. The minimum absolute atomic E-state index is 0.157. The number of primary amides is 2. The van der Waals surface area contributed by atoms with Crippen molar-refractivity contribution in [3.63, 3.8) is 0 Å². The highest BCUT2D eigenvalue weighted by Crippen LogP contribution is 2.06. The van der Waals surface area contributed by atoms with E-state index in [1.54, 1.807) is 12.1 Å². The fourth-order valence-electron chi connectivity index (χ4n) is 1.33. The highest BCUT2D eigenvalue weighted by molar-refractivity contribution is 6.06. The van der Waals surface area contributed by atoms with Crippen molar-refractivity contribution in [1.29, 1.82) is 0 Å². The predicted octanol–water partition coefficient (Wildman–Crippen LogP) is 0.448. The first-order valence-corrected chi connectivity index (χ1v) is 6.65. The Bertz CT molecular complexity index is 399. The Hall–Kier alpha value is -1.96. The number of nitrogens with one attached hydrogen (secondary N) is 1. The molecule has 0 aliphatic carbocycles. The monoisotopic (exact) mass is 297 g/mol. The van der Waals surface area contributed by atoms with E-state index in [1.165, 1.54) is 12.1 Å². The molecule has 0 aromatic heterocycles. The van der Waals surface area contributed by atoms with Crippen LogP contribution in [0.25, 0.3) is 0 Å². The van der Waals surface area contributed by atoms with Crippen molar-refractivity contribution in [1.82, 2.24) is 5.48 Å². The largest absolute Gasteiger partial charge is 0.379 e. The van der Waals surface area contributed by atoms with Gasteiger partial charge >= 0.3 is 0 Å². The topological polar surface area (TPSA) is 117 Å². The summed E-state index contributed by atoms with van der Waals surface area (Å²) in [6, 6.07) is 6.16. The molecule has 0 aliphatic rings. The summed E-state index contributed by atoms with van der Waals surface area (Å²) in [4.78, 5) is 26.4. The molecule has 118 valence electrons. The lowest BCUT2D eigenvalue weighted by Crippen LogP contribution is -2.20. The van der Waals surface area contributed by atoms with Crippen LogP contribution in [0.5, 0.6) is 0 Å². The number of carbonyl (C=O) groups excluding carboxylic acids is 2. The van der Waals surface area contributed by atoms with Crippen molar-refractivity contribution in [2.75, 3.05) is 26.4 Å². The first-order chi connectivity index (χ1) is 10.0. The van der Waals surface area contributed by atoms with Gasteiger partial charge in [0, 0.05) is 13.2 Å². The van der Waals surface area contributed by atoms with Crippen LogP contribution in [0.2, 0.25) is 0 Å². The van der Waals surface area contributed by atoms with E-state index in [0.717, 1.165) is 13.2 Å². The molecule has 0 fully saturated rings. The first-order valence-electron chi connectivity index (χ1n) is 6.65. The molecule has 5 N–H and O–H groups in total. The van der Waals surface area contributed by atoms with Crippen molar-refractivity contribution >= 4 is 11.8 Å². The number of ether oxygens (including phenoxy) is 1. The van der Waals surface area contributed by atoms with Crippen molar-refractivity contribution in [3.05, 3.63) is 35.4 Å². The summed E-state index contributed by atoms with van der Waals surface area (Å²) in [7, 11) is 0. The zero-order valence-corrected chi connectivity index (χ0v) is 12.4. The van der Waals surface area contributed by atoms with Gasteiger partial charge in [-0.2, -0.15) is 0 Å². The van der Waals surface area contributed by atoms with E-state index in [4.69, 9.17) is 21.0 Å². The van der Waals surface area contributed by atoms with Crippen LogP contribution in [0, 0.1) is 0 Å². The summed E-state index contributed by atoms with van der Waals surface area (Å²) in [5, 5.41) is 0. The van der Waals surface area contributed by atoms with Gasteiger partial charge in [-0.3, -0.25) is 14.4 Å². The van der Waals surface area contributed by atoms with Crippen LogP contribution in [0.3, 0.4) is 0 Å². The Kier molecular flexibility index (Phi) is 10.7. The van der Waals surface area contributed by atoms with E-state index in [-0.39, 0.29) is 11.1 Å². The second-order valence-corrected chi connectivity index (χ2v) is 3.82. The number of hydrogen-bond donors (Lipinski definition) is 3. The molecule has 0 heterocycles. The molecule has 0 spiro atoms. The van der Waals surface area contributed by atoms with Crippen molar-refractivity contribution in [3.8, 4) is 0 Å². The number of benzene rings is 1. The van der Waals surface area contributed by atoms with Gasteiger partial charge in [-0.15, -0.1) is 0 Å². The summed E-state index contributed by atoms with van der Waals surface area (Å²) in [5.74, 6) is -1.30. The maximum atomic E-state index is 10.7. The minimum Gasteiger partial charge on any atom is -0.379 e. The molecule has 0 radical (unpaired) electrons. The van der Waals surface area contributed by atoms with Crippen LogP contribution in [0.15, 0.2) is 24.3 Å². The minimum atomic E-state index is -0.649. The fraction of sp³-hybridized carbons (Fsp3) is 0.429. The average molecular weight is 297 g/mol. The molecule has 0 saturated heterocycles. The molecule has 1 aromatic rings. The van der Waals surface area contributed by atoms with Gasteiger partial charge in [0.25, 0.3) is 0 Å². The molecule has 1 aromatic carbocycles. The molecule has 21 heavy (non-hydrogen) atoms. The second kappa shape index (κ2) is 11.8. The molecule has 0 unspecified atom stereocenters. The zero-order valence-electron chi connectivity index (χ0n) is 12.4. The molecule has 7 nitrogen and oxygen atoms in total. The lowest BCUT2D eigenvalue weighted by Gasteiger charge is -2.01. The lowest BCUT2D eigenvalue weighted by molar-refractivity contribution is 0.000179. The standard InChI is InChI=1S/C8H8N2O2.C6H15NO2/c9-7(11)5-3-1-2-4-6(5)8(10)12;1-3-7-9-6-5-8-4-2/h1-4H,(H2,9,11)(H2,10,12);7H,3-6H2,1-2H3. The zero-order chi connectivity index (χ0) is 16.1. The summed E-state index contributed by atoms with van der Waals surface area (Å²) >= 11 is 0. The summed E-state index contributed by atoms with van der Waals surface area (Å²) in [6.45, 7) is 6.85. The van der Waals surface area contributed by atoms with Gasteiger partial charge in [0.2, 0.25) is 11.8 Å². The van der Waals surface area contributed by atoms with E-state index in [1.807, 2.05) is 13.8 Å². The van der Waals surface area contributed by atoms with E-state index >= 15 is 0 Å². The molecule has 0 atom stereocenters. The van der Waals surface area contributed by atoms with Crippen LogP contribution in [-0.4, -0.2) is 38.2 Å². The molecule has 2 amide bonds. The van der Waals surface area contributed by atoms with E-state index in [9.17, 15) is 9.59 Å². The SMILES string of the molecule is CCNOCCOCC.NC(=O)c1ccccc1C(N)=O. The lowest BCUT2D eigenvalue weighted by atomic mass is 10.1. The Morgan fingerprint density at radius 2 is 1.57 bits per heavy atom. The number of rotatable bonds is 8. The quantitative estimate of drug-likeness (QED) is 0.476. The van der Waals surface area contributed by atoms with Gasteiger partial charge in [0.1, 0.15) is 0 Å². The Morgan fingerprint density at radius 1 is 1.05 bits per heavy atom. The molecule has 7 heteroatoms. The Labute approximate surface area is 124 Å². The maximum absolute atomic E-state index is 10.7. The molecular formula is C14H23N3O4. The Morgan fingerprint density at radius 3 is 1.95 bits per heavy atom. The van der Waals surface area contributed by atoms with Crippen LogP contribution < -0.4 is 16.9 Å². The number of hydroxylamine groups is 1. The number of amides is 2. The number of nitrogens with two attached hydrogens (primary N) is 2. The van der Waals surface area contributed by atoms with Gasteiger partial charge in [-0.05, 0) is 19.1 Å². The number of carbonyl (C=O) groups is 2. The van der Waals surface area contributed by atoms with Crippen molar-refractivity contribution < 1.29 is 19.2 Å². The third-order valence-corrected chi connectivity index (χ3v) is 2.24. The second-order valence-electron chi connectivity index (χ2n) is 3.82. The van der Waals surface area contributed by atoms with Crippen LogP contribution in [0.1, 0.15) is 34.6 Å². The molecular weight excluding hydrogens is 274 g/mol.